The second-order valence-electron chi connectivity index (χ2n) is 4.26. The first-order valence-electron chi connectivity index (χ1n) is 5.90. The van der Waals surface area contributed by atoms with Gasteiger partial charge in [-0.25, -0.2) is 4.98 Å². The predicted octanol–water partition coefficient (Wildman–Crippen LogP) is 2.88. The second kappa shape index (κ2) is 4.49. The smallest absolute Gasteiger partial charge is 0.137 e. The maximum atomic E-state index is 4.28. The summed E-state index contributed by atoms with van der Waals surface area (Å²) < 4.78 is 0. The van der Waals surface area contributed by atoms with Crippen LogP contribution in [0.1, 0.15) is 11.1 Å². The number of hydrogen-bond donors (Lipinski definition) is 2. The molecule has 0 unspecified atom stereocenters. The van der Waals surface area contributed by atoms with Crippen LogP contribution in [-0.2, 0) is 6.54 Å². The number of aryl methyl sites for hydroxylation is 1. The van der Waals surface area contributed by atoms with Crippen molar-refractivity contribution < 1.29 is 0 Å². The molecule has 0 spiro atoms. The first kappa shape index (κ1) is 10.8. The van der Waals surface area contributed by atoms with Gasteiger partial charge in [0, 0.05) is 30.5 Å². The maximum Gasteiger partial charge on any atom is 0.137 e. The molecule has 3 aromatic rings. The molecule has 4 heteroatoms. The Labute approximate surface area is 105 Å². The third kappa shape index (κ3) is 1.93. The SMILES string of the molecule is Cc1ccncc1NCc1c[nH]c2ncccc12. The fourth-order valence-corrected chi connectivity index (χ4v) is 2.00. The molecule has 0 atom stereocenters. The average Bonchev–Trinajstić information content (AvgIpc) is 2.81. The van der Waals surface area contributed by atoms with Crippen molar-refractivity contribution >= 4 is 16.7 Å². The molecule has 0 fully saturated rings. The van der Waals surface area contributed by atoms with Gasteiger partial charge >= 0.3 is 0 Å². The van der Waals surface area contributed by atoms with Crippen LogP contribution in [0, 0.1) is 6.92 Å². The van der Waals surface area contributed by atoms with E-state index in [9.17, 15) is 0 Å². The van der Waals surface area contributed by atoms with Crippen LogP contribution in [0.2, 0.25) is 0 Å². The van der Waals surface area contributed by atoms with Crippen molar-refractivity contribution in [2.45, 2.75) is 13.5 Å². The molecule has 0 aliphatic rings. The number of aromatic amines is 1. The number of hydrogen-bond acceptors (Lipinski definition) is 3. The van der Waals surface area contributed by atoms with Gasteiger partial charge in [0.05, 0.1) is 11.9 Å². The molecule has 4 nitrogen and oxygen atoms in total. The topological polar surface area (TPSA) is 53.6 Å². The fraction of sp³-hybridized carbons (Fsp3) is 0.143. The largest absolute Gasteiger partial charge is 0.379 e. The lowest BCUT2D eigenvalue weighted by molar-refractivity contribution is 1.13. The number of anilines is 1. The predicted molar refractivity (Wildman–Crippen MR) is 72.4 cm³/mol. The summed E-state index contributed by atoms with van der Waals surface area (Å²) in [7, 11) is 0. The van der Waals surface area contributed by atoms with Gasteiger partial charge in [0.2, 0.25) is 0 Å². The number of nitrogens with one attached hydrogen (secondary N) is 2. The zero-order chi connectivity index (χ0) is 12.4. The third-order valence-corrected chi connectivity index (χ3v) is 3.05. The molecule has 0 amide bonds. The lowest BCUT2D eigenvalue weighted by atomic mass is 10.2. The van der Waals surface area contributed by atoms with Gasteiger partial charge in [-0.05, 0) is 36.2 Å². The van der Waals surface area contributed by atoms with Gasteiger partial charge < -0.3 is 10.3 Å². The number of nitrogens with zero attached hydrogens (tertiary/aromatic N) is 2. The van der Waals surface area contributed by atoms with Crippen molar-refractivity contribution in [3.8, 4) is 0 Å². The molecule has 3 heterocycles. The van der Waals surface area contributed by atoms with Gasteiger partial charge in [-0.15, -0.1) is 0 Å². The first-order valence-corrected chi connectivity index (χ1v) is 5.90. The highest BCUT2D eigenvalue weighted by atomic mass is 14.9. The summed E-state index contributed by atoms with van der Waals surface area (Å²) in [5, 5.41) is 4.56. The van der Waals surface area contributed by atoms with Crippen LogP contribution in [-0.4, -0.2) is 15.0 Å². The molecule has 0 aliphatic carbocycles. The molecule has 3 aromatic heterocycles. The highest BCUT2D eigenvalue weighted by molar-refractivity contribution is 5.79. The molecule has 0 radical (unpaired) electrons. The summed E-state index contributed by atoms with van der Waals surface area (Å²) in [6, 6.07) is 6.03. The van der Waals surface area contributed by atoms with E-state index in [1.54, 1.807) is 12.4 Å². The standard InChI is InChI=1S/C14H14N4/c1-10-4-6-15-9-13(10)17-7-11-8-18-14-12(11)3-2-5-16-14/h2-6,8-9,17H,7H2,1H3,(H,16,18). The van der Waals surface area contributed by atoms with Crippen molar-refractivity contribution in [3.63, 3.8) is 0 Å². The zero-order valence-corrected chi connectivity index (χ0v) is 10.1. The first-order chi connectivity index (χ1) is 8.84. The van der Waals surface area contributed by atoms with E-state index in [0.717, 1.165) is 23.3 Å². The van der Waals surface area contributed by atoms with E-state index < -0.39 is 0 Å². The number of fused-ring (bicyclic) bond motifs is 1. The van der Waals surface area contributed by atoms with Gasteiger partial charge in [-0.1, -0.05) is 0 Å². The Bertz CT molecular complexity index is 672. The van der Waals surface area contributed by atoms with Gasteiger partial charge in [0.15, 0.2) is 0 Å². The number of H-pyrrole nitrogens is 1. The van der Waals surface area contributed by atoms with E-state index >= 15 is 0 Å². The molecule has 18 heavy (non-hydrogen) atoms. The minimum atomic E-state index is 0.762. The summed E-state index contributed by atoms with van der Waals surface area (Å²) in [6.07, 6.45) is 7.44. The van der Waals surface area contributed by atoms with Crippen molar-refractivity contribution in [3.05, 3.63) is 54.1 Å². The summed E-state index contributed by atoms with van der Waals surface area (Å²) in [4.78, 5) is 11.6. The Hall–Kier alpha value is -2.36. The second-order valence-corrected chi connectivity index (χ2v) is 4.26. The summed E-state index contributed by atoms with van der Waals surface area (Å²) in [5.41, 5.74) is 4.40. The molecular weight excluding hydrogens is 224 g/mol. The van der Waals surface area contributed by atoms with E-state index in [1.807, 2.05) is 24.5 Å². The third-order valence-electron chi connectivity index (χ3n) is 3.05. The molecule has 0 saturated carbocycles. The van der Waals surface area contributed by atoms with Crippen LogP contribution in [0.15, 0.2) is 43.0 Å². The van der Waals surface area contributed by atoms with Crippen LogP contribution in [0.4, 0.5) is 5.69 Å². The summed E-state index contributed by atoms with van der Waals surface area (Å²) in [6.45, 7) is 2.83. The molecule has 3 rings (SSSR count). The Morgan fingerprint density at radius 1 is 1.28 bits per heavy atom. The van der Waals surface area contributed by atoms with Gasteiger partial charge in [0.25, 0.3) is 0 Å². The van der Waals surface area contributed by atoms with Crippen molar-refractivity contribution in [2.24, 2.45) is 0 Å². The molecule has 0 bridgehead atoms. The van der Waals surface area contributed by atoms with Gasteiger partial charge in [-0.2, -0.15) is 0 Å². The summed E-state index contributed by atoms with van der Waals surface area (Å²) >= 11 is 0. The zero-order valence-electron chi connectivity index (χ0n) is 10.1. The van der Waals surface area contributed by atoms with Crippen molar-refractivity contribution in [1.82, 2.24) is 15.0 Å². The van der Waals surface area contributed by atoms with Crippen molar-refractivity contribution in [1.29, 1.82) is 0 Å². The van der Waals surface area contributed by atoms with Crippen molar-refractivity contribution in [2.75, 3.05) is 5.32 Å². The Balaban J connectivity index is 1.83. The van der Waals surface area contributed by atoms with Crippen LogP contribution < -0.4 is 5.32 Å². The Kier molecular flexibility index (Phi) is 2.68. The molecular formula is C14H14N4. The molecule has 0 saturated heterocycles. The lowest BCUT2D eigenvalue weighted by Gasteiger charge is -2.07. The molecule has 2 N–H and O–H groups in total. The quantitative estimate of drug-likeness (QED) is 0.737. The maximum absolute atomic E-state index is 4.28. The monoisotopic (exact) mass is 238 g/mol. The highest BCUT2D eigenvalue weighted by Gasteiger charge is 2.04. The number of pyridine rings is 2. The molecule has 90 valence electrons. The Morgan fingerprint density at radius 3 is 3.11 bits per heavy atom. The van der Waals surface area contributed by atoms with Crippen LogP contribution in [0.3, 0.4) is 0 Å². The van der Waals surface area contributed by atoms with E-state index in [1.165, 1.54) is 11.1 Å². The molecule has 0 aromatic carbocycles. The van der Waals surface area contributed by atoms with Crippen LogP contribution in [0.5, 0.6) is 0 Å². The highest BCUT2D eigenvalue weighted by Crippen LogP contribution is 2.18. The van der Waals surface area contributed by atoms with E-state index in [0.29, 0.717) is 0 Å². The minimum Gasteiger partial charge on any atom is -0.379 e. The van der Waals surface area contributed by atoms with E-state index in [-0.39, 0.29) is 0 Å². The molecule has 0 aliphatic heterocycles. The Morgan fingerprint density at radius 2 is 2.22 bits per heavy atom. The van der Waals surface area contributed by atoms with Gasteiger partial charge in [0.1, 0.15) is 5.65 Å². The van der Waals surface area contributed by atoms with Crippen LogP contribution in [0.25, 0.3) is 11.0 Å². The van der Waals surface area contributed by atoms with Crippen LogP contribution >= 0.6 is 0 Å². The summed E-state index contributed by atoms with van der Waals surface area (Å²) in [5.74, 6) is 0. The minimum absolute atomic E-state index is 0.762. The lowest BCUT2D eigenvalue weighted by Crippen LogP contribution is -2.00. The number of aromatic nitrogens is 3. The van der Waals surface area contributed by atoms with E-state index in [4.69, 9.17) is 0 Å². The van der Waals surface area contributed by atoms with Gasteiger partial charge in [-0.3, -0.25) is 4.98 Å². The van der Waals surface area contributed by atoms with E-state index in [2.05, 4.69) is 33.3 Å². The average molecular weight is 238 g/mol. The fourth-order valence-electron chi connectivity index (χ4n) is 2.00. The normalized spacial score (nSPS) is 10.7. The number of rotatable bonds is 3.